The second-order valence-electron chi connectivity index (χ2n) is 7.61. The highest BCUT2D eigenvalue weighted by Gasteiger charge is 2.34. The van der Waals surface area contributed by atoms with Gasteiger partial charge in [-0.2, -0.15) is 4.98 Å². The van der Waals surface area contributed by atoms with Crippen LogP contribution in [0.2, 0.25) is 0 Å². The van der Waals surface area contributed by atoms with Crippen LogP contribution in [0.3, 0.4) is 0 Å². The van der Waals surface area contributed by atoms with Gasteiger partial charge in [-0.05, 0) is 48.3 Å². The number of benzene rings is 2. The quantitative estimate of drug-likeness (QED) is 0.361. The zero-order valence-electron chi connectivity index (χ0n) is 18.2. The smallest absolute Gasteiger partial charge is 0.258 e. The monoisotopic (exact) mass is 474 g/mol. The molecule has 33 heavy (non-hydrogen) atoms. The van der Waals surface area contributed by atoms with Gasteiger partial charge in [-0.15, -0.1) is 11.3 Å². The average molecular weight is 475 g/mol. The molecule has 1 atom stereocenters. The lowest BCUT2D eigenvalue weighted by Crippen LogP contribution is -2.45. The molecule has 2 aromatic heterocycles. The van der Waals surface area contributed by atoms with E-state index in [9.17, 15) is 0 Å². The molecule has 1 aliphatic rings. The Labute approximate surface area is 201 Å². The molecular formula is C25H22N4O2S2. The molecule has 5 rings (SSSR count). The maximum Gasteiger partial charge on any atom is 0.258 e. The summed E-state index contributed by atoms with van der Waals surface area (Å²) < 4.78 is 11.3. The van der Waals surface area contributed by atoms with Crippen molar-refractivity contribution in [3.63, 3.8) is 0 Å². The molecule has 0 fully saturated rings. The maximum absolute atomic E-state index is 5.80. The number of rotatable bonds is 6. The molecule has 0 bridgehead atoms. The lowest BCUT2D eigenvalue weighted by molar-refractivity contribution is 0.395. The lowest BCUT2D eigenvalue weighted by Gasteiger charge is -2.37. The highest BCUT2D eigenvalue weighted by Crippen LogP contribution is 2.39. The number of ether oxygens (including phenoxy) is 1. The molecule has 0 aliphatic carbocycles. The predicted octanol–water partition coefficient (Wildman–Crippen LogP) is 5.67. The minimum atomic E-state index is -0.253. The van der Waals surface area contributed by atoms with Crippen molar-refractivity contribution in [2.24, 2.45) is 0 Å². The second kappa shape index (κ2) is 9.17. The molecule has 0 amide bonds. The van der Waals surface area contributed by atoms with Gasteiger partial charge in [0.25, 0.3) is 5.89 Å². The number of aromatic nitrogens is 2. The fourth-order valence-electron chi connectivity index (χ4n) is 3.92. The molecule has 1 aliphatic heterocycles. The van der Waals surface area contributed by atoms with E-state index in [1.165, 1.54) is 4.88 Å². The van der Waals surface area contributed by atoms with Crippen LogP contribution in [0.1, 0.15) is 29.3 Å². The van der Waals surface area contributed by atoms with Gasteiger partial charge in [-0.1, -0.05) is 53.7 Å². The summed E-state index contributed by atoms with van der Waals surface area (Å²) in [4.78, 5) is 8.05. The highest BCUT2D eigenvalue weighted by molar-refractivity contribution is 7.80. The molecular weight excluding hydrogens is 452 g/mol. The first-order chi connectivity index (χ1) is 16.1. The van der Waals surface area contributed by atoms with Crippen molar-refractivity contribution in [3.05, 3.63) is 94.1 Å². The maximum atomic E-state index is 5.80. The summed E-state index contributed by atoms with van der Waals surface area (Å²) in [6.45, 7) is 2.72. The van der Waals surface area contributed by atoms with Crippen molar-refractivity contribution in [1.82, 2.24) is 20.4 Å². The number of hydrogen-bond donors (Lipinski definition) is 1. The number of nitrogens with one attached hydrogen (secondary N) is 1. The van der Waals surface area contributed by atoms with E-state index in [2.05, 4.69) is 33.7 Å². The zero-order valence-corrected chi connectivity index (χ0v) is 19.8. The van der Waals surface area contributed by atoms with Crippen molar-refractivity contribution >= 4 is 34.2 Å². The van der Waals surface area contributed by atoms with Gasteiger partial charge in [0, 0.05) is 16.1 Å². The van der Waals surface area contributed by atoms with Crippen LogP contribution in [-0.4, -0.2) is 27.3 Å². The first-order valence-electron chi connectivity index (χ1n) is 10.5. The molecule has 1 N–H and O–H groups in total. The normalized spacial score (nSPS) is 16.1. The van der Waals surface area contributed by atoms with Crippen LogP contribution in [-0.2, 0) is 6.54 Å². The van der Waals surface area contributed by atoms with Crippen LogP contribution >= 0.6 is 23.6 Å². The first kappa shape index (κ1) is 21.4. The second-order valence-corrected chi connectivity index (χ2v) is 9.03. The minimum Gasteiger partial charge on any atom is -0.497 e. The van der Waals surface area contributed by atoms with Crippen molar-refractivity contribution in [3.8, 4) is 17.1 Å². The molecule has 0 spiro atoms. The zero-order chi connectivity index (χ0) is 22.8. The van der Waals surface area contributed by atoms with Crippen molar-refractivity contribution in [2.75, 3.05) is 7.11 Å². The first-order valence-corrected chi connectivity index (χ1v) is 11.8. The van der Waals surface area contributed by atoms with E-state index < -0.39 is 0 Å². The SMILES string of the molecule is COc1cccc(C2NC(=S)N(Cc3cccs3)C(C)=C2c2nc(-c3ccccc3)no2)c1. The van der Waals surface area contributed by atoms with Crippen LogP contribution in [0.15, 0.2) is 82.3 Å². The summed E-state index contributed by atoms with van der Waals surface area (Å²) >= 11 is 7.49. The van der Waals surface area contributed by atoms with Gasteiger partial charge in [0.1, 0.15) is 5.75 Å². The van der Waals surface area contributed by atoms with Crippen molar-refractivity contribution in [2.45, 2.75) is 19.5 Å². The molecule has 0 saturated carbocycles. The summed E-state index contributed by atoms with van der Waals surface area (Å²) in [7, 11) is 1.66. The van der Waals surface area contributed by atoms with Crippen LogP contribution in [0.5, 0.6) is 5.75 Å². The Kier molecular flexibility index (Phi) is 5.93. The van der Waals surface area contributed by atoms with Crippen LogP contribution < -0.4 is 10.1 Å². The van der Waals surface area contributed by atoms with Crippen LogP contribution in [0.25, 0.3) is 17.0 Å². The summed E-state index contributed by atoms with van der Waals surface area (Å²) in [5, 5.41) is 10.5. The minimum absolute atomic E-state index is 0.253. The van der Waals surface area contributed by atoms with E-state index in [1.807, 2.05) is 60.7 Å². The third-order valence-corrected chi connectivity index (χ3v) is 6.81. The van der Waals surface area contributed by atoms with E-state index in [0.717, 1.165) is 28.1 Å². The van der Waals surface area contributed by atoms with Gasteiger partial charge in [0.2, 0.25) is 5.82 Å². The highest BCUT2D eigenvalue weighted by atomic mass is 32.1. The number of methoxy groups -OCH3 is 1. The fraction of sp³-hybridized carbons (Fsp3) is 0.160. The largest absolute Gasteiger partial charge is 0.497 e. The summed E-state index contributed by atoms with van der Waals surface area (Å²) in [5.74, 6) is 1.78. The van der Waals surface area contributed by atoms with Crippen LogP contribution in [0, 0.1) is 0 Å². The molecule has 0 radical (unpaired) electrons. The van der Waals surface area contributed by atoms with E-state index in [0.29, 0.717) is 23.4 Å². The van der Waals surface area contributed by atoms with Gasteiger partial charge in [-0.25, -0.2) is 0 Å². The Morgan fingerprint density at radius 1 is 1.12 bits per heavy atom. The number of allylic oxidation sites excluding steroid dienone is 1. The Balaban J connectivity index is 1.61. The Hall–Kier alpha value is -3.49. The Morgan fingerprint density at radius 2 is 1.97 bits per heavy atom. The summed E-state index contributed by atoms with van der Waals surface area (Å²) in [6, 6.07) is 21.6. The van der Waals surface area contributed by atoms with Gasteiger partial charge < -0.3 is 19.5 Å². The standard InChI is InChI=1S/C25H22N4O2S2/c1-16-21(24-27-23(28-31-24)17-8-4-3-5-9-17)22(18-10-6-11-19(14-18)30-2)26-25(32)29(16)15-20-12-7-13-33-20/h3-14,22H,15H2,1-2H3,(H,26,32). The van der Waals surface area contributed by atoms with E-state index >= 15 is 0 Å². The number of nitrogens with zero attached hydrogens (tertiary/aromatic N) is 3. The molecule has 2 aromatic carbocycles. The summed E-state index contributed by atoms with van der Waals surface area (Å²) in [5.41, 5.74) is 3.77. The van der Waals surface area contributed by atoms with E-state index in [1.54, 1.807) is 18.4 Å². The van der Waals surface area contributed by atoms with Crippen molar-refractivity contribution < 1.29 is 9.26 Å². The predicted molar refractivity (Wildman–Crippen MR) is 134 cm³/mol. The molecule has 0 saturated heterocycles. The third-order valence-electron chi connectivity index (χ3n) is 5.61. The Bertz CT molecular complexity index is 1300. The third kappa shape index (κ3) is 4.27. The van der Waals surface area contributed by atoms with Gasteiger partial charge in [0.15, 0.2) is 5.11 Å². The number of hydrogen-bond acceptors (Lipinski definition) is 6. The fourth-order valence-corrected chi connectivity index (χ4v) is 4.93. The van der Waals surface area contributed by atoms with Gasteiger partial charge >= 0.3 is 0 Å². The molecule has 4 aromatic rings. The van der Waals surface area contributed by atoms with Crippen molar-refractivity contribution in [1.29, 1.82) is 0 Å². The van der Waals surface area contributed by atoms with E-state index in [-0.39, 0.29) is 6.04 Å². The number of thiocarbonyl (C=S) groups is 1. The average Bonchev–Trinajstić information content (AvgIpc) is 3.54. The Morgan fingerprint density at radius 3 is 2.73 bits per heavy atom. The lowest BCUT2D eigenvalue weighted by atomic mass is 9.94. The topological polar surface area (TPSA) is 63.4 Å². The molecule has 3 heterocycles. The van der Waals surface area contributed by atoms with Gasteiger partial charge in [0.05, 0.1) is 25.3 Å². The van der Waals surface area contributed by atoms with Gasteiger partial charge in [-0.3, -0.25) is 0 Å². The van der Waals surface area contributed by atoms with E-state index in [4.69, 9.17) is 26.5 Å². The molecule has 8 heteroatoms. The molecule has 6 nitrogen and oxygen atoms in total. The summed E-state index contributed by atoms with van der Waals surface area (Å²) in [6.07, 6.45) is 0. The number of thiophene rings is 1. The molecule has 166 valence electrons. The van der Waals surface area contributed by atoms with Crippen LogP contribution in [0.4, 0.5) is 0 Å². The molecule has 1 unspecified atom stereocenters.